The number of aliphatic hydroxyl groups is 1. The minimum Gasteiger partial charge on any atom is -0.496 e. The summed E-state index contributed by atoms with van der Waals surface area (Å²) in [7, 11) is 1.58. The second-order valence-electron chi connectivity index (χ2n) is 6.86. The van der Waals surface area contributed by atoms with Gasteiger partial charge in [0.05, 0.1) is 24.8 Å². The van der Waals surface area contributed by atoms with Gasteiger partial charge in [0.15, 0.2) is 0 Å². The van der Waals surface area contributed by atoms with Crippen LogP contribution in [0.3, 0.4) is 0 Å². The summed E-state index contributed by atoms with van der Waals surface area (Å²) in [5.41, 5.74) is 1.20. The van der Waals surface area contributed by atoms with Gasteiger partial charge in [0.1, 0.15) is 11.6 Å². The maximum atomic E-state index is 12.5. The number of carbonyl (C=O) groups excluding carboxylic acids is 2. The van der Waals surface area contributed by atoms with E-state index in [0.717, 1.165) is 5.56 Å². The van der Waals surface area contributed by atoms with E-state index in [1.807, 2.05) is 24.3 Å². The number of hydrogen-bond donors (Lipinski definition) is 3. The van der Waals surface area contributed by atoms with Gasteiger partial charge in [0, 0.05) is 30.4 Å². The normalized spacial score (nSPS) is 21.2. The number of hydrogen-bond acceptors (Lipinski definition) is 6. The first-order chi connectivity index (χ1) is 13.5. The van der Waals surface area contributed by atoms with Crippen molar-refractivity contribution in [1.82, 2.24) is 20.6 Å². The predicted octanol–water partition coefficient (Wildman–Crippen LogP) is 0.979. The second kappa shape index (κ2) is 8.79. The van der Waals surface area contributed by atoms with E-state index >= 15 is 0 Å². The quantitative estimate of drug-likeness (QED) is 0.684. The number of methoxy groups -OCH3 is 1. The van der Waals surface area contributed by atoms with Crippen LogP contribution in [-0.2, 0) is 11.3 Å². The number of carbonyl (C=O) groups is 2. The lowest BCUT2D eigenvalue weighted by Crippen LogP contribution is -2.40. The maximum absolute atomic E-state index is 12.5. The van der Waals surface area contributed by atoms with E-state index in [1.54, 1.807) is 14.0 Å². The Balaban J connectivity index is 1.54. The third-order valence-electron chi connectivity index (χ3n) is 4.90. The van der Waals surface area contributed by atoms with Crippen molar-refractivity contribution in [3.05, 3.63) is 53.6 Å². The van der Waals surface area contributed by atoms with Crippen LogP contribution < -0.4 is 15.4 Å². The van der Waals surface area contributed by atoms with Crippen LogP contribution in [0.15, 0.2) is 36.7 Å². The summed E-state index contributed by atoms with van der Waals surface area (Å²) in [4.78, 5) is 32.8. The Morgan fingerprint density at radius 3 is 2.64 bits per heavy atom. The molecule has 0 unspecified atom stereocenters. The van der Waals surface area contributed by atoms with Crippen LogP contribution in [0.25, 0.3) is 0 Å². The summed E-state index contributed by atoms with van der Waals surface area (Å²) in [6, 6.07) is 6.97. The lowest BCUT2D eigenvalue weighted by atomic mass is 10.1. The molecule has 8 heteroatoms. The predicted molar refractivity (Wildman–Crippen MR) is 102 cm³/mol. The van der Waals surface area contributed by atoms with Crippen molar-refractivity contribution < 1.29 is 19.4 Å². The average Bonchev–Trinajstić information content (AvgIpc) is 3.07. The van der Waals surface area contributed by atoms with Crippen molar-refractivity contribution in [3.63, 3.8) is 0 Å². The number of ether oxygens (including phenoxy) is 1. The van der Waals surface area contributed by atoms with Gasteiger partial charge < -0.3 is 20.5 Å². The van der Waals surface area contributed by atoms with Gasteiger partial charge in [-0.2, -0.15) is 0 Å². The number of nitrogens with zero attached hydrogens (tertiary/aromatic N) is 2. The molecule has 1 aromatic carbocycles. The molecule has 1 aliphatic carbocycles. The fraction of sp³-hybridized carbons (Fsp3) is 0.400. The highest BCUT2D eigenvalue weighted by Gasteiger charge is 2.37. The Morgan fingerprint density at radius 2 is 1.93 bits per heavy atom. The van der Waals surface area contributed by atoms with Crippen LogP contribution in [0, 0.1) is 12.8 Å². The molecule has 2 aromatic rings. The highest BCUT2D eigenvalue weighted by Crippen LogP contribution is 2.27. The van der Waals surface area contributed by atoms with Gasteiger partial charge in [-0.15, -0.1) is 0 Å². The van der Waals surface area contributed by atoms with Gasteiger partial charge >= 0.3 is 0 Å². The number of aromatic nitrogens is 2. The molecule has 28 heavy (non-hydrogen) atoms. The van der Waals surface area contributed by atoms with Crippen molar-refractivity contribution in [2.45, 2.75) is 38.5 Å². The summed E-state index contributed by atoms with van der Waals surface area (Å²) in [5, 5.41) is 15.9. The van der Waals surface area contributed by atoms with E-state index < -0.39 is 12.1 Å². The van der Waals surface area contributed by atoms with E-state index in [4.69, 9.17) is 4.74 Å². The summed E-state index contributed by atoms with van der Waals surface area (Å²) in [6.07, 6.45) is 2.77. The van der Waals surface area contributed by atoms with Crippen molar-refractivity contribution in [2.24, 2.45) is 5.92 Å². The molecule has 8 nitrogen and oxygen atoms in total. The topological polar surface area (TPSA) is 113 Å². The van der Waals surface area contributed by atoms with Gasteiger partial charge in [-0.25, -0.2) is 9.97 Å². The van der Waals surface area contributed by atoms with Crippen LogP contribution in [0.4, 0.5) is 0 Å². The zero-order valence-electron chi connectivity index (χ0n) is 15.9. The zero-order chi connectivity index (χ0) is 20.1. The van der Waals surface area contributed by atoms with Crippen LogP contribution in [-0.4, -0.2) is 46.1 Å². The Kier molecular flexibility index (Phi) is 6.20. The van der Waals surface area contributed by atoms with Gasteiger partial charge in [-0.1, -0.05) is 18.2 Å². The van der Waals surface area contributed by atoms with Gasteiger partial charge in [0.2, 0.25) is 5.91 Å². The Labute approximate surface area is 163 Å². The first-order valence-electron chi connectivity index (χ1n) is 9.15. The van der Waals surface area contributed by atoms with Crippen molar-refractivity contribution in [1.29, 1.82) is 0 Å². The standard InChI is InChI=1S/C20H24N4O4/c1-12-21-10-15(11-22-12)20(27)24-16-7-14(8-17(16)25)19(26)23-9-13-5-3-4-6-18(13)28-2/h3-6,10-11,14,16-17,25H,7-9H2,1-2H3,(H,23,26)(H,24,27)/t14-,16-,17-/m0/s1. The summed E-state index contributed by atoms with van der Waals surface area (Å²) in [6.45, 7) is 2.07. The lowest BCUT2D eigenvalue weighted by Gasteiger charge is -2.16. The van der Waals surface area contributed by atoms with E-state index in [-0.39, 0.29) is 17.7 Å². The lowest BCUT2D eigenvalue weighted by molar-refractivity contribution is -0.125. The minimum atomic E-state index is -0.780. The van der Waals surface area contributed by atoms with E-state index in [1.165, 1.54) is 12.4 Å². The number of benzene rings is 1. The molecule has 3 N–H and O–H groups in total. The molecule has 1 aromatic heterocycles. The Morgan fingerprint density at radius 1 is 1.21 bits per heavy atom. The van der Waals surface area contributed by atoms with Crippen molar-refractivity contribution in [2.75, 3.05) is 7.11 Å². The molecule has 3 rings (SSSR count). The Bertz CT molecular complexity index is 840. The van der Waals surface area contributed by atoms with Gasteiger partial charge in [-0.3, -0.25) is 9.59 Å². The van der Waals surface area contributed by atoms with E-state index in [0.29, 0.717) is 36.5 Å². The molecular weight excluding hydrogens is 360 g/mol. The molecule has 2 amide bonds. The molecule has 1 aliphatic rings. The summed E-state index contributed by atoms with van der Waals surface area (Å²) >= 11 is 0. The highest BCUT2D eigenvalue weighted by atomic mass is 16.5. The summed E-state index contributed by atoms with van der Waals surface area (Å²) in [5.74, 6) is 0.396. The largest absolute Gasteiger partial charge is 0.496 e. The zero-order valence-corrected chi connectivity index (χ0v) is 15.9. The molecule has 0 aliphatic heterocycles. The van der Waals surface area contributed by atoms with Crippen LogP contribution in [0.2, 0.25) is 0 Å². The molecule has 1 heterocycles. The molecule has 0 bridgehead atoms. The number of nitrogens with one attached hydrogen (secondary N) is 2. The molecular formula is C20H24N4O4. The molecule has 1 fully saturated rings. The fourth-order valence-electron chi connectivity index (χ4n) is 3.32. The van der Waals surface area contributed by atoms with Crippen LogP contribution in [0.1, 0.15) is 34.6 Å². The molecule has 1 saturated carbocycles. The number of rotatable bonds is 6. The third kappa shape index (κ3) is 4.64. The highest BCUT2D eigenvalue weighted by molar-refractivity contribution is 5.94. The van der Waals surface area contributed by atoms with Gasteiger partial charge in [0.25, 0.3) is 5.91 Å². The molecule has 0 spiro atoms. The SMILES string of the molecule is COc1ccccc1CNC(=O)[C@H]1C[C@H](NC(=O)c2cnc(C)nc2)[C@@H](O)C1. The number of aryl methyl sites for hydroxylation is 1. The first kappa shape index (κ1) is 19.8. The smallest absolute Gasteiger partial charge is 0.254 e. The monoisotopic (exact) mass is 384 g/mol. The van der Waals surface area contributed by atoms with Crippen LogP contribution in [0.5, 0.6) is 5.75 Å². The average molecular weight is 384 g/mol. The maximum Gasteiger partial charge on any atom is 0.254 e. The van der Waals surface area contributed by atoms with E-state index in [9.17, 15) is 14.7 Å². The second-order valence-corrected chi connectivity index (χ2v) is 6.86. The Hall–Kier alpha value is -3.00. The molecule has 3 atom stereocenters. The molecule has 148 valence electrons. The van der Waals surface area contributed by atoms with Gasteiger partial charge in [-0.05, 0) is 25.8 Å². The van der Waals surface area contributed by atoms with Crippen molar-refractivity contribution in [3.8, 4) is 5.75 Å². The number of aliphatic hydroxyl groups excluding tert-OH is 1. The van der Waals surface area contributed by atoms with E-state index in [2.05, 4.69) is 20.6 Å². The van der Waals surface area contributed by atoms with Crippen molar-refractivity contribution >= 4 is 11.8 Å². The molecule has 0 radical (unpaired) electrons. The number of amides is 2. The van der Waals surface area contributed by atoms with Crippen LogP contribution >= 0.6 is 0 Å². The fourth-order valence-corrected chi connectivity index (χ4v) is 3.32. The minimum absolute atomic E-state index is 0.152. The third-order valence-corrected chi connectivity index (χ3v) is 4.90. The summed E-state index contributed by atoms with van der Waals surface area (Å²) < 4.78 is 5.28. The molecule has 0 saturated heterocycles. The number of para-hydroxylation sites is 1. The first-order valence-corrected chi connectivity index (χ1v) is 9.15.